The zero-order valence-corrected chi connectivity index (χ0v) is 9.87. The first-order valence-corrected chi connectivity index (χ1v) is 5.79. The van der Waals surface area contributed by atoms with Gasteiger partial charge in [-0.2, -0.15) is 5.10 Å². The molecule has 82 valence electrons. The number of H-pyrrole nitrogens is 1. The van der Waals surface area contributed by atoms with Crippen LogP contribution < -0.4 is 0 Å². The molecule has 2 nitrogen and oxygen atoms in total. The second-order valence-corrected chi connectivity index (χ2v) is 4.31. The summed E-state index contributed by atoms with van der Waals surface area (Å²) in [5.74, 6) is 0. The number of aromatic nitrogens is 2. The molecule has 1 aromatic heterocycles. The Morgan fingerprint density at radius 3 is 2.47 bits per heavy atom. The van der Waals surface area contributed by atoms with Gasteiger partial charge >= 0.3 is 0 Å². The lowest BCUT2D eigenvalue weighted by Gasteiger charge is -2.02. The summed E-state index contributed by atoms with van der Waals surface area (Å²) in [7, 11) is 0. The zero-order valence-electron chi connectivity index (χ0n) is 9.05. The van der Waals surface area contributed by atoms with Crippen molar-refractivity contribution in [2.75, 3.05) is 0 Å². The lowest BCUT2D eigenvalue weighted by atomic mass is 10.1. The highest BCUT2D eigenvalue weighted by atomic mass is 32.1. The van der Waals surface area contributed by atoms with Crippen LogP contribution in [0.15, 0.2) is 54.6 Å². The number of hydrogen-bond donors (Lipinski definition) is 1. The SMILES string of the molecule is S=c1ccc(-c2ccc3ccccc3c2)n[nH]1. The fraction of sp³-hybridized carbons (Fsp3) is 0. The molecule has 1 N–H and O–H groups in total. The number of hydrogen-bond acceptors (Lipinski definition) is 2. The highest BCUT2D eigenvalue weighted by molar-refractivity contribution is 7.71. The molecule has 1 heterocycles. The quantitative estimate of drug-likeness (QED) is 0.650. The van der Waals surface area contributed by atoms with Crippen molar-refractivity contribution < 1.29 is 0 Å². The number of nitrogens with zero attached hydrogens (tertiary/aromatic N) is 1. The van der Waals surface area contributed by atoms with E-state index in [9.17, 15) is 0 Å². The third-order valence-corrected chi connectivity index (χ3v) is 2.95. The molecule has 0 saturated carbocycles. The standard InChI is InChI=1S/C14H10N2S/c17-14-8-7-13(15-16-14)12-6-5-10-3-1-2-4-11(10)9-12/h1-9H,(H,16,17). The van der Waals surface area contributed by atoms with Crippen LogP contribution in [0.5, 0.6) is 0 Å². The van der Waals surface area contributed by atoms with Crippen LogP contribution in [0, 0.1) is 4.64 Å². The smallest absolute Gasteiger partial charge is 0.119 e. The minimum absolute atomic E-state index is 0.648. The summed E-state index contributed by atoms with van der Waals surface area (Å²) < 4.78 is 0.648. The zero-order chi connectivity index (χ0) is 11.7. The van der Waals surface area contributed by atoms with Crippen LogP contribution in [0.1, 0.15) is 0 Å². The minimum Gasteiger partial charge on any atom is -0.267 e. The van der Waals surface area contributed by atoms with Gasteiger partial charge < -0.3 is 0 Å². The van der Waals surface area contributed by atoms with Crippen molar-refractivity contribution in [2.24, 2.45) is 0 Å². The number of nitrogens with one attached hydrogen (secondary N) is 1. The van der Waals surface area contributed by atoms with Crippen molar-refractivity contribution in [3.05, 3.63) is 59.2 Å². The fourth-order valence-electron chi connectivity index (χ4n) is 1.85. The van der Waals surface area contributed by atoms with Gasteiger partial charge in [-0.3, -0.25) is 5.10 Å². The Kier molecular flexibility index (Phi) is 2.46. The van der Waals surface area contributed by atoms with Crippen molar-refractivity contribution >= 4 is 23.0 Å². The first-order chi connectivity index (χ1) is 8.33. The van der Waals surface area contributed by atoms with Gasteiger partial charge in [0.2, 0.25) is 0 Å². The van der Waals surface area contributed by atoms with E-state index in [1.165, 1.54) is 10.8 Å². The molecule has 3 aromatic rings. The van der Waals surface area contributed by atoms with E-state index in [0.29, 0.717) is 4.64 Å². The van der Waals surface area contributed by atoms with Gasteiger partial charge in [0.05, 0.1) is 5.69 Å². The van der Waals surface area contributed by atoms with Gasteiger partial charge in [0.1, 0.15) is 4.64 Å². The molecular weight excluding hydrogens is 228 g/mol. The monoisotopic (exact) mass is 238 g/mol. The van der Waals surface area contributed by atoms with E-state index in [1.807, 2.05) is 24.3 Å². The number of fused-ring (bicyclic) bond motifs is 1. The van der Waals surface area contributed by atoms with Gasteiger partial charge in [0, 0.05) is 5.56 Å². The van der Waals surface area contributed by atoms with Crippen molar-refractivity contribution in [3.8, 4) is 11.3 Å². The van der Waals surface area contributed by atoms with Crippen LogP contribution >= 0.6 is 12.2 Å². The second-order valence-electron chi connectivity index (χ2n) is 3.87. The molecular formula is C14H10N2S. The molecule has 0 fully saturated rings. The Morgan fingerprint density at radius 1 is 0.882 bits per heavy atom. The van der Waals surface area contributed by atoms with Gasteiger partial charge in [-0.15, -0.1) is 0 Å². The Labute approximate surface area is 104 Å². The first-order valence-electron chi connectivity index (χ1n) is 5.38. The van der Waals surface area contributed by atoms with Gasteiger partial charge in [0.15, 0.2) is 0 Å². The molecule has 0 amide bonds. The summed E-state index contributed by atoms with van der Waals surface area (Å²) in [4.78, 5) is 0. The maximum Gasteiger partial charge on any atom is 0.119 e. The van der Waals surface area contributed by atoms with Crippen LogP contribution in [0.4, 0.5) is 0 Å². The molecule has 0 aliphatic rings. The fourth-order valence-corrected chi connectivity index (χ4v) is 1.97. The molecule has 0 aliphatic heterocycles. The predicted octanol–water partition coefficient (Wildman–Crippen LogP) is 3.96. The molecule has 0 aliphatic carbocycles. The van der Waals surface area contributed by atoms with Crippen LogP contribution in [0.25, 0.3) is 22.0 Å². The average Bonchev–Trinajstić information content (AvgIpc) is 2.39. The summed E-state index contributed by atoms with van der Waals surface area (Å²) in [6, 6.07) is 18.4. The molecule has 0 bridgehead atoms. The highest BCUT2D eigenvalue weighted by Gasteiger charge is 2.00. The summed E-state index contributed by atoms with van der Waals surface area (Å²) in [6.07, 6.45) is 0. The van der Waals surface area contributed by atoms with Crippen LogP contribution in [-0.4, -0.2) is 10.2 Å². The van der Waals surface area contributed by atoms with E-state index in [2.05, 4.69) is 40.5 Å². The summed E-state index contributed by atoms with van der Waals surface area (Å²) in [5.41, 5.74) is 2.00. The first kappa shape index (κ1) is 10.2. The second kappa shape index (κ2) is 4.11. The van der Waals surface area contributed by atoms with E-state index in [0.717, 1.165) is 11.3 Å². The molecule has 17 heavy (non-hydrogen) atoms. The van der Waals surface area contributed by atoms with Crippen LogP contribution in [0.3, 0.4) is 0 Å². The number of aromatic amines is 1. The summed E-state index contributed by atoms with van der Waals surface area (Å²) in [5, 5.41) is 9.49. The van der Waals surface area contributed by atoms with Crippen molar-refractivity contribution in [1.82, 2.24) is 10.2 Å². The molecule has 0 spiro atoms. The largest absolute Gasteiger partial charge is 0.267 e. The van der Waals surface area contributed by atoms with E-state index in [4.69, 9.17) is 12.2 Å². The topological polar surface area (TPSA) is 28.7 Å². The van der Waals surface area contributed by atoms with Crippen LogP contribution in [-0.2, 0) is 0 Å². The summed E-state index contributed by atoms with van der Waals surface area (Å²) >= 11 is 4.98. The molecule has 3 rings (SSSR count). The average molecular weight is 238 g/mol. The maximum atomic E-state index is 4.98. The summed E-state index contributed by atoms with van der Waals surface area (Å²) in [6.45, 7) is 0. The molecule has 0 unspecified atom stereocenters. The van der Waals surface area contributed by atoms with Gasteiger partial charge in [-0.25, -0.2) is 0 Å². The predicted molar refractivity (Wildman–Crippen MR) is 72.4 cm³/mol. The van der Waals surface area contributed by atoms with Crippen molar-refractivity contribution in [3.63, 3.8) is 0 Å². The molecule has 0 saturated heterocycles. The normalized spacial score (nSPS) is 10.6. The van der Waals surface area contributed by atoms with Gasteiger partial charge in [-0.1, -0.05) is 48.6 Å². The lowest BCUT2D eigenvalue weighted by molar-refractivity contribution is 1.02. The molecule has 0 atom stereocenters. The Morgan fingerprint density at radius 2 is 1.71 bits per heavy atom. The van der Waals surface area contributed by atoms with Crippen molar-refractivity contribution in [2.45, 2.75) is 0 Å². The van der Waals surface area contributed by atoms with E-state index >= 15 is 0 Å². The van der Waals surface area contributed by atoms with E-state index < -0.39 is 0 Å². The Balaban J connectivity index is 2.17. The van der Waals surface area contributed by atoms with Gasteiger partial charge in [0.25, 0.3) is 0 Å². The Hall–Kier alpha value is -2.00. The lowest BCUT2D eigenvalue weighted by Crippen LogP contribution is -1.86. The van der Waals surface area contributed by atoms with E-state index in [1.54, 1.807) is 0 Å². The maximum absolute atomic E-state index is 4.98. The van der Waals surface area contributed by atoms with Crippen LogP contribution in [0.2, 0.25) is 0 Å². The minimum atomic E-state index is 0.648. The van der Waals surface area contributed by atoms with E-state index in [-0.39, 0.29) is 0 Å². The third kappa shape index (κ3) is 1.97. The third-order valence-electron chi connectivity index (χ3n) is 2.72. The van der Waals surface area contributed by atoms with Gasteiger partial charge in [-0.05, 0) is 29.0 Å². The number of benzene rings is 2. The molecule has 0 radical (unpaired) electrons. The number of rotatable bonds is 1. The molecule has 2 aromatic carbocycles. The Bertz CT molecular complexity index is 711. The molecule has 3 heteroatoms. The highest BCUT2D eigenvalue weighted by Crippen LogP contribution is 2.22. The van der Waals surface area contributed by atoms with Crippen molar-refractivity contribution in [1.29, 1.82) is 0 Å².